The summed E-state index contributed by atoms with van der Waals surface area (Å²) in [5, 5.41) is 12.3. The lowest BCUT2D eigenvalue weighted by atomic mass is 10.0. The number of piperidine rings is 1. The van der Waals surface area contributed by atoms with Gasteiger partial charge in [0.05, 0.1) is 11.8 Å². The highest BCUT2D eigenvalue weighted by Crippen LogP contribution is 2.35. The molecule has 0 aromatic heterocycles. The molecule has 2 fully saturated rings. The number of allylic oxidation sites excluding steroid dienone is 1. The van der Waals surface area contributed by atoms with Gasteiger partial charge in [0.1, 0.15) is 0 Å². The molecule has 7 nitrogen and oxygen atoms in total. The van der Waals surface area contributed by atoms with Crippen molar-refractivity contribution in [3.63, 3.8) is 0 Å². The first-order valence-corrected chi connectivity index (χ1v) is 8.31. The summed E-state index contributed by atoms with van der Waals surface area (Å²) in [6.07, 6.45) is 3.18. The van der Waals surface area contributed by atoms with E-state index in [1.54, 1.807) is 25.1 Å². The van der Waals surface area contributed by atoms with E-state index in [2.05, 4.69) is 5.10 Å². The maximum atomic E-state index is 14.8. The number of quaternary nitrogens is 1. The second-order valence-electron chi connectivity index (χ2n) is 6.39. The van der Waals surface area contributed by atoms with Gasteiger partial charge in [0.25, 0.3) is 6.08 Å². The third-order valence-electron chi connectivity index (χ3n) is 4.71. The lowest BCUT2D eigenvalue weighted by Crippen LogP contribution is -2.45. The van der Waals surface area contributed by atoms with Crippen LogP contribution in [0.25, 0.3) is 0 Å². The van der Waals surface area contributed by atoms with E-state index in [1.807, 2.05) is 11.0 Å². The number of ether oxygens (including phenoxy) is 1. The number of halogens is 1. The fourth-order valence-electron chi connectivity index (χ4n) is 3.42. The molecule has 2 aliphatic heterocycles. The monoisotopic (exact) mass is 357 g/mol. The quantitative estimate of drug-likeness (QED) is 0.359. The molecule has 0 radical (unpaired) electrons. The van der Waals surface area contributed by atoms with Crippen molar-refractivity contribution in [2.75, 3.05) is 24.5 Å². The van der Waals surface area contributed by atoms with Gasteiger partial charge < -0.3 is 9.64 Å². The molecule has 26 heavy (non-hydrogen) atoms. The van der Waals surface area contributed by atoms with E-state index in [9.17, 15) is 14.0 Å². The Bertz CT molecular complexity index is 846. The molecule has 2 atom stereocenters. The van der Waals surface area contributed by atoms with Gasteiger partial charge in [0.15, 0.2) is 24.2 Å². The second kappa shape index (κ2) is 7.08. The number of benzene rings is 1. The lowest BCUT2D eigenvalue weighted by molar-refractivity contribution is 0.139. The molecule has 1 aromatic carbocycles. The van der Waals surface area contributed by atoms with Crippen molar-refractivity contribution in [3.8, 4) is 6.07 Å². The van der Waals surface area contributed by atoms with Gasteiger partial charge in [-0.15, -0.1) is 0 Å². The van der Waals surface area contributed by atoms with Crippen molar-refractivity contribution in [3.05, 3.63) is 35.7 Å². The summed E-state index contributed by atoms with van der Waals surface area (Å²) in [7, 11) is 0. The van der Waals surface area contributed by atoms with Crippen LogP contribution in [-0.2, 0) is 9.53 Å². The first kappa shape index (κ1) is 17.8. The second-order valence-corrected chi connectivity index (χ2v) is 6.39. The van der Waals surface area contributed by atoms with Gasteiger partial charge in [-0.05, 0) is 25.8 Å². The van der Waals surface area contributed by atoms with Crippen LogP contribution >= 0.6 is 0 Å². The van der Waals surface area contributed by atoms with Gasteiger partial charge in [-0.3, -0.25) is 0 Å². The Morgan fingerprint density at radius 2 is 2.15 bits per heavy atom. The maximum absolute atomic E-state index is 14.8. The molecular formula is C18H18FN4O3+. The third kappa shape index (κ3) is 3.10. The summed E-state index contributed by atoms with van der Waals surface area (Å²) in [5.41, 5.74) is 1.70. The molecule has 1 aromatic rings. The Morgan fingerprint density at radius 3 is 2.69 bits per heavy atom. The Morgan fingerprint density at radius 1 is 1.42 bits per heavy atom. The molecule has 0 N–H and O–H groups in total. The average Bonchev–Trinajstić information content (AvgIpc) is 2.91. The summed E-state index contributed by atoms with van der Waals surface area (Å²) in [4.78, 5) is 24.9. The Kier molecular flexibility index (Phi) is 4.85. The van der Waals surface area contributed by atoms with Crippen LogP contribution in [0.1, 0.15) is 19.8 Å². The van der Waals surface area contributed by atoms with Crippen molar-refractivity contribution >= 4 is 23.5 Å². The Hall–Kier alpha value is -3.01. The smallest absolute Gasteiger partial charge is 0.409 e. The van der Waals surface area contributed by atoms with Crippen LogP contribution in [0.5, 0.6) is 0 Å². The third-order valence-corrected chi connectivity index (χ3v) is 4.71. The number of hydrogen-bond donors (Lipinski definition) is 0. The zero-order chi connectivity index (χ0) is 18.7. The molecule has 0 saturated carbocycles. The number of carbonyl (C=O) groups excluding carboxylic acids is 2. The van der Waals surface area contributed by atoms with Gasteiger partial charge >= 0.3 is 6.09 Å². The normalized spacial score (nSPS) is 25.3. The van der Waals surface area contributed by atoms with Crippen molar-refractivity contribution in [1.29, 1.82) is 5.26 Å². The highest BCUT2D eigenvalue weighted by molar-refractivity contribution is 5.85. The number of amides is 1. The topological polar surface area (TPSA) is 82.8 Å². The summed E-state index contributed by atoms with van der Waals surface area (Å²) in [6, 6.07) is 6.41. The lowest BCUT2D eigenvalue weighted by Gasteiger charge is -2.30. The largest absolute Gasteiger partial charge is 0.550 e. The Labute approximate surface area is 150 Å². The van der Waals surface area contributed by atoms with E-state index in [0.29, 0.717) is 31.6 Å². The predicted octanol–water partition coefficient (Wildman–Crippen LogP) is 2.97. The van der Waals surface area contributed by atoms with Gasteiger partial charge in [-0.25, -0.2) is 9.18 Å². The number of isocyanates is 1. The SMILES string of the molecule is CC1C[N@+](N=C=O)(c2ccc(N3CCC(=CC#N)CC3)c(F)c2)C(=O)O1. The summed E-state index contributed by atoms with van der Waals surface area (Å²) >= 11 is 0. The van der Waals surface area contributed by atoms with Gasteiger partial charge in [-0.1, -0.05) is 10.2 Å². The highest BCUT2D eigenvalue weighted by Gasteiger charge is 2.52. The first-order chi connectivity index (χ1) is 12.5. The number of rotatable bonds is 3. The first-order valence-electron chi connectivity index (χ1n) is 8.31. The summed E-state index contributed by atoms with van der Waals surface area (Å²) in [5.74, 6) is -0.499. The molecule has 0 aliphatic carbocycles. The number of carbonyl (C=O) groups is 1. The van der Waals surface area contributed by atoms with Crippen molar-refractivity contribution in [1.82, 2.24) is 4.59 Å². The van der Waals surface area contributed by atoms with Crippen molar-refractivity contribution in [2.24, 2.45) is 5.10 Å². The number of nitrogens with zero attached hydrogens (tertiary/aromatic N) is 4. The maximum Gasteiger partial charge on any atom is 0.550 e. The van der Waals surface area contributed by atoms with Crippen LogP contribution in [0.4, 0.5) is 20.6 Å². The minimum absolute atomic E-state index is 0.110. The van der Waals surface area contributed by atoms with E-state index >= 15 is 0 Å². The van der Waals surface area contributed by atoms with Crippen LogP contribution in [-0.4, -0.2) is 37.9 Å². The van der Waals surface area contributed by atoms with Crippen LogP contribution in [0.3, 0.4) is 0 Å². The van der Waals surface area contributed by atoms with E-state index in [-0.39, 0.29) is 12.2 Å². The van der Waals surface area contributed by atoms with Crippen molar-refractivity contribution in [2.45, 2.75) is 25.9 Å². The van der Waals surface area contributed by atoms with Crippen LogP contribution < -0.4 is 9.49 Å². The summed E-state index contributed by atoms with van der Waals surface area (Å²) in [6.45, 7) is 3.01. The van der Waals surface area contributed by atoms with Gasteiger partial charge in [-0.2, -0.15) is 10.1 Å². The Balaban J connectivity index is 1.88. The molecule has 2 saturated heterocycles. The number of cyclic esters (lactones) is 1. The predicted molar refractivity (Wildman–Crippen MR) is 92.3 cm³/mol. The molecule has 3 rings (SSSR count). The molecule has 134 valence electrons. The molecule has 1 unspecified atom stereocenters. The molecule has 2 aliphatic rings. The van der Waals surface area contributed by atoms with Gasteiger partial charge in [0.2, 0.25) is 0 Å². The summed E-state index contributed by atoms with van der Waals surface area (Å²) < 4.78 is 19.1. The molecule has 0 bridgehead atoms. The molecule has 8 heteroatoms. The molecular weight excluding hydrogens is 339 g/mol. The van der Waals surface area contributed by atoms with Crippen LogP contribution in [0.2, 0.25) is 0 Å². The molecule has 0 spiro atoms. The van der Waals surface area contributed by atoms with E-state index in [0.717, 1.165) is 5.57 Å². The van der Waals surface area contributed by atoms with Crippen LogP contribution in [0, 0.1) is 17.1 Å². The fourth-order valence-corrected chi connectivity index (χ4v) is 3.42. The zero-order valence-corrected chi connectivity index (χ0v) is 14.3. The average molecular weight is 357 g/mol. The van der Waals surface area contributed by atoms with Gasteiger partial charge in [0, 0.05) is 36.4 Å². The number of anilines is 1. The van der Waals surface area contributed by atoms with E-state index in [4.69, 9.17) is 10.00 Å². The fraction of sp³-hybridized carbons (Fsp3) is 0.389. The van der Waals surface area contributed by atoms with E-state index < -0.39 is 22.6 Å². The number of hydrogen-bond acceptors (Lipinski definition) is 6. The van der Waals surface area contributed by atoms with Crippen molar-refractivity contribution < 1.29 is 18.7 Å². The van der Waals surface area contributed by atoms with E-state index in [1.165, 1.54) is 12.1 Å². The number of nitriles is 1. The van der Waals surface area contributed by atoms with Crippen LogP contribution in [0.15, 0.2) is 34.9 Å². The minimum atomic E-state index is -0.739. The highest BCUT2D eigenvalue weighted by atomic mass is 19.1. The zero-order valence-electron chi connectivity index (χ0n) is 14.3. The molecule has 2 heterocycles. The minimum Gasteiger partial charge on any atom is -0.409 e. The molecule has 1 amide bonds. The standard InChI is InChI=1S/C18H18FN4O3/c1-13-11-23(21-12-24,18(25)26-13)15-2-3-17(16(19)10-15)22-8-5-14(4-7-20)6-9-22/h2-4,10,13H,5-6,8-9,11H2,1H3/q+1/t13?,23-/m0/s1.